The standard InChI is InChI=1S/C20H26N2O4S/c1-13(19(24)21-14-8-4-2-3-5-9-14)26-18(23)12-17-20(25)22-15-10-6-7-11-16(15)27-17/h6-7,10-11,13-14,17H,2-5,8-9,12H2,1H3,(H,21,24)(H,22,25)/t13-,17+/m0/s1. The van der Waals surface area contributed by atoms with Crippen molar-refractivity contribution in [2.45, 2.75) is 74.2 Å². The number of benzene rings is 1. The van der Waals surface area contributed by atoms with Crippen LogP contribution in [0.25, 0.3) is 0 Å². The van der Waals surface area contributed by atoms with Gasteiger partial charge in [0, 0.05) is 10.9 Å². The second-order valence-electron chi connectivity index (χ2n) is 7.13. The van der Waals surface area contributed by atoms with Gasteiger partial charge in [0.15, 0.2) is 6.10 Å². The van der Waals surface area contributed by atoms with Gasteiger partial charge in [-0.2, -0.15) is 0 Å². The van der Waals surface area contributed by atoms with E-state index in [0.29, 0.717) is 0 Å². The number of nitrogens with one attached hydrogen (secondary N) is 2. The van der Waals surface area contributed by atoms with Gasteiger partial charge in [-0.25, -0.2) is 0 Å². The van der Waals surface area contributed by atoms with Crippen LogP contribution in [-0.2, 0) is 19.1 Å². The number of carbonyl (C=O) groups is 3. The minimum absolute atomic E-state index is 0.0636. The highest BCUT2D eigenvalue weighted by molar-refractivity contribution is 8.01. The fraction of sp³-hybridized carbons (Fsp3) is 0.550. The number of anilines is 1. The molecule has 2 aliphatic rings. The van der Waals surface area contributed by atoms with Gasteiger partial charge in [0.2, 0.25) is 5.91 Å². The van der Waals surface area contributed by atoms with Gasteiger partial charge in [0.05, 0.1) is 17.4 Å². The van der Waals surface area contributed by atoms with Gasteiger partial charge in [-0.15, -0.1) is 11.8 Å². The number of ether oxygens (including phenoxy) is 1. The van der Waals surface area contributed by atoms with Crippen LogP contribution in [0.2, 0.25) is 0 Å². The molecule has 2 amide bonds. The first-order chi connectivity index (χ1) is 13.0. The molecule has 6 nitrogen and oxygen atoms in total. The van der Waals surface area contributed by atoms with E-state index < -0.39 is 17.3 Å². The molecule has 0 spiro atoms. The summed E-state index contributed by atoms with van der Waals surface area (Å²) >= 11 is 1.35. The van der Waals surface area contributed by atoms with E-state index in [9.17, 15) is 14.4 Å². The third-order valence-corrected chi connectivity index (χ3v) is 6.21. The lowest BCUT2D eigenvalue weighted by Crippen LogP contribution is -2.42. The number of amides is 2. The molecule has 146 valence electrons. The summed E-state index contributed by atoms with van der Waals surface area (Å²) in [5.41, 5.74) is 0.758. The monoisotopic (exact) mass is 390 g/mol. The average Bonchev–Trinajstić information content (AvgIpc) is 2.91. The highest BCUT2D eigenvalue weighted by atomic mass is 32.2. The lowest BCUT2D eigenvalue weighted by Gasteiger charge is -2.24. The molecule has 0 radical (unpaired) electrons. The molecule has 1 aromatic rings. The molecule has 0 saturated heterocycles. The number of hydrogen-bond donors (Lipinski definition) is 2. The van der Waals surface area contributed by atoms with Crippen LogP contribution in [-0.4, -0.2) is 35.2 Å². The van der Waals surface area contributed by atoms with Crippen LogP contribution in [0.5, 0.6) is 0 Å². The zero-order chi connectivity index (χ0) is 19.2. The molecular weight excluding hydrogens is 364 g/mol. The van der Waals surface area contributed by atoms with Gasteiger partial charge < -0.3 is 15.4 Å². The molecule has 27 heavy (non-hydrogen) atoms. The molecule has 1 aliphatic heterocycles. The van der Waals surface area contributed by atoms with Gasteiger partial charge in [0.25, 0.3) is 5.91 Å². The third-order valence-electron chi connectivity index (χ3n) is 4.94. The Hall–Kier alpha value is -2.02. The first-order valence-corrected chi connectivity index (χ1v) is 10.5. The van der Waals surface area contributed by atoms with E-state index in [-0.39, 0.29) is 24.3 Å². The quantitative estimate of drug-likeness (QED) is 0.595. The molecule has 1 aromatic carbocycles. The van der Waals surface area contributed by atoms with Crippen LogP contribution in [0.3, 0.4) is 0 Å². The minimum atomic E-state index is -0.857. The Morgan fingerprint density at radius 1 is 1.22 bits per heavy atom. The molecule has 7 heteroatoms. The fourth-order valence-corrected chi connectivity index (χ4v) is 4.51. The van der Waals surface area contributed by atoms with Gasteiger partial charge in [-0.1, -0.05) is 37.8 Å². The Labute approximate surface area is 163 Å². The van der Waals surface area contributed by atoms with E-state index in [4.69, 9.17) is 4.74 Å². The third kappa shape index (κ3) is 5.48. The molecular formula is C20H26N2O4S. The number of hydrogen-bond acceptors (Lipinski definition) is 5. The summed E-state index contributed by atoms with van der Waals surface area (Å²) < 4.78 is 5.28. The summed E-state index contributed by atoms with van der Waals surface area (Å²) in [5.74, 6) is -1.02. The van der Waals surface area contributed by atoms with Gasteiger partial charge >= 0.3 is 5.97 Å². The molecule has 0 unspecified atom stereocenters. The highest BCUT2D eigenvalue weighted by Crippen LogP contribution is 2.36. The second-order valence-corrected chi connectivity index (χ2v) is 8.37. The Bertz CT molecular complexity index is 701. The van der Waals surface area contributed by atoms with Gasteiger partial charge in [-0.05, 0) is 31.9 Å². The number of fused-ring (bicyclic) bond motifs is 1. The van der Waals surface area contributed by atoms with Crippen LogP contribution in [0.1, 0.15) is 51.9 Å². The normalized spacial score (nSPS) is 21.4. The van der Waals surface area contributed by atoms with Crippen molar-refractivity contribution in [2.75, 3.05) is 5.32 Å². The largest absolute Gasteiger partial charge is 0.453 e. The van der Waals surface area contributed by atoms with Crippen molar-refractivity contribution in [1.29, 1.82) is 0 Å². The van der Waals surface area contributed by atoms with E-state index in [1.54, 1.807) is 6.92 Å². The maximum Gasteiger partial charge on any atom is 0.308 e. The number of esters is 1. The molecule has 1 heterocycles. The predicted octanol–water partition coefficient (Wildman–Crippen LogP) is 3.26. The van der Waals surface area contributed by atoms with Crippen molar-refractivity contribution in [2.24, 2.45) is 0 Å². The molecule has 0 bridgehead atoms. The van der Waals surface area contributed by atoms with Crippen molar-refractivity contribution < 1.29 is 19.1 Å². The van der Waals surface area contributed by atoms with Crippen LogP contribution in [0.4, 0.5) is 5.69 Å². The molecule has 0 aromatic heterocycles. The van der Waals surface area contributed by atoms with Crippen molar-refractivity contribution in [1.82, 2.24) is 5.32 Å². The Balaban J connectivity index is 1.48. The summed E-state index contributed by atoms with van der Waals surface area (Å²) in [7, 11) is 0. The summed E-state index contributed by atoms with van der Waals surface area (Å²) in [4.78, 5) is 37.7. The molecule has 3 rings (SSSR count). The van der Waals surface area contributed by atoms with E-state index in [2.05, 4.69) is 10.6 Å². The molecule has 1 aliphatic carbocycles. The fourth-order valence-electron chi connectivity index (χ4n) is 3.42. The summed E-state index contributed by atoms with van der Waals surface area (Å²) in [6.07, 6.45) is 5.69. The van der Waals surface area contributed by atoms with Crippen LogP contribution >= 0.6 is 11.8 Å². The smallest absolute Gasteiger partial charge is 0.308 e. The van der Waals surface area contributed by atoms with Crippen molar-refractivity contribution in [3.05, 3.63) is 24.3 Å². The van der Waals surface area contributed by atoms with Crippen LogP contribution in [0.15, 0.2) is 29.2 Å². The maximum absolute atomic E-state index is 12.3. The van der Waals surface area contributed by atoms with E-state index in [1.165, 1.54) is 24.6 Å². The maximum atomic E-state index is 12.3. The molecule has 2 atom stereocenters. The second kappa shape index (κ2) is 9.26. The van der Waals surface area contributed by atoms with Crippen LogP contribution < -0.4 is 10.6 Å². The Kier molecular flexibility index (Phi) is 6.77. The van der Waals surface area contributed by atoms with Crippen molar-refractivity contribution in [3.8, 4) is 0 Å². The Morgan fingerprint density at radius 2 is 1.93 bits per heavy atom. The van der Waals surface area contributed by atoms with Gasteiger partial charge in [0.1, 0.15) is 0 Å². The SMILES string of the molecule is C[C@H](OC(=O)C[C@H]1Sc2ccccc2NC1=O)C(=O)NC1CCCCCC1. The Morgan fingerprint density at radius 3 is 2.67 bits per heavy atom. The topological polar surface area (TPSA) is 84.5 Å². The van der Waals surface area contributed by atoms with Crippen molar-refractivity contribution >= 4 is 35.2 Å². The molecule has 1 fully saturated rings. The number of thioether (sulfide) groups is 1. The number of rotatable bonds is 5. The van der Waals surface area contributed by atoms with E-state index in [1.807, 2.05) is 24.3 Å². The van der Waals surface area contributed by atoms with Gasteiger partial charge in [-0.3, -0.25) is 14.4 Å². The first-order valence-electron chi connectivity index (χ1n) is 9.59. The first kappa shape index (κ1) is 19.7. The predicted molar refractivity (Wildman–Crippen MR) is 105 cm³/mol. The zero-order valence-electron chi connectivity index (χ0n) is 15.5. The van der Waals surface area contributed by atoms with E-state index in [0.717, 1.165) is 36.3 Å². The number of para-hydroxylation sites is 1. The molecule has 1 saturated carbocycles. The minimum Gasteiger partial charge on any atom is -0.453 e. The highest BCUT2D eigenvalue weighted by Gasteiger charge is 2.30. The van der Waals surface area contributed by atoms with Crippen molar-refractivity contribution in [3.63, 3.8) is 0 Å². The summed E-state index contributed by atoms with van der Waals surface area (Å²) in [5, 5.41) is 5.24. The van der Waals surface area contributed by atoms with Crippen LogP contribution in [0, 0.1) is 0 Å². The van der Waals surface area contributed by atoms with E-state index >= 15 is 0 Å². The average molecular weight is 391 g/mol. The lowest BCUT2D eigenvalue weighted by molar-refractivity contribution is -0.155. The summed E-state index contributed by atoms with van der Waals surface area (Å²) in [6.45, 7) is 1.58. The summed E-state index contributed by atoms with van der Waals surface area (Å²) in [6, 6.07) is 7.63. The number of carbonyl (C=O) groups excluding carboxylic acids is 3. The zero-order valence-corrected chi connectivity index (χ0v) is 16.3. The lowest BCUT2D eigenvalue weighted by atomic mass is 10.1. The molecule has 2 N–H and O–H groups in total.